The number of nitrogens with zero attached hydrogens (tertiary/aromatic N) is 5. The first-order chi connectivity index (χ1) is 21.0. The van der Waals surface area contributed by atoms with Gasteiger partial charge in [-0.1, -0.05) is 31.2 Å². The third-order valence-corrected chi connectivity index (χ3v) is 8.92. The van der Waals surface area contributed by atoms with Crippen molar-refractivity contribution in [3.8, 4) is 11.1 Å². The van der Waals surface area contributed by atoms with Crippen LogP contribution in [-0.2, 0) is 28.7 Å². The van der Waals surface area contributed by atoms with Crippen molar-refractivity contribution in [2.45, 2.75) is 70.6 Å². The van der Waals surface area contributed by atoms with Crippen molar-refractivity contribution in [1.29, 1.82) is 0 Å². The Morgan fingerprint density at radius 2 is 1.89 bits per heavy atom. The maximum atomic E-state index is 14.9. The van der Waals surface area contributed by atoms with Crippen molar-refractivity contribution in [3.05, 3.63) is 70.9 Å². The van der Waals surface area contributed by atoms with Crippen LogP contribution in [0.4, 0.5) is 22.0 Å². The molecule has 0 spiro atoms. The first kappa shape index (κ1) is 30.2. The average Bonchev–Trinajstić information content (AvgIpc) is 3.68. The maximum absolute atomic E-state index is 14.9. The Bertz CT molecular complexity index is 1680. The van der Waals surface area contributed by atoms with Crippen LogP contribution in [0.25, 0.3) is 22.0 Å². The van der Waals surface area contributed by atoms with Crippen molar-refractivity contribution < 1.29 is 31.5 Å². The molecule has 0 amide bonds. The van der Waals surface area contributed by atoms with E-state index in [0.29, 0.717) is 35.3 Å². The van der Waals surface area contributed by atoms with Crippen LogP contribution < -0.4 is 0 Å². The van der Waals surface area contributed by atoms with Gasteiger partial charge in [0.15, 0.2) is 6.04 Å². The van der Waals surface area contributed by atoms with E-state index in [4.69, 9.17) is 4.74 Å². The van der Waals surface area contributed by atoms with Gasteiger partial charge in [0.25, 0.3) is 0 Å². The minimum atomic E-state index is -4.72. The lowest BCUT2D eigenvalue weighted by atomic mass is 9.86. The SMILES string of the molecule is CCOC(=O)C(c1ncn2c1CC(F)C2)n1cc2c(C(F)(F)F)cc(-c3ccc([C@@H]4CCN(CC)C[C@H]4F)cc3)c(C)c2n1. The largest absolute Gasteiger partial charge is 0.464 e. The number of aryl methyl sites for hydroxylation is 1. The molecule has 0 radical (unpaired) electrons. The van der Waals surface area contributed by atoms with Crippen LogP contribution in [0.15, 0.2) is 42.9 Å². The number of aromatic nitrogens is 4. The molecule has 0 saturated carbocycles. The number of esters is 1. The fraction of sp³-hybridized carbons (Fsp3) is 0.469. The quantitative estimate of drug-likeness (QED) is 0.177. The van der Waals surface area contributed by atoms with Crippen LogP contribution >= 0.6 is 0 Å². The Hall–Kier alpha value is -3.80. The van der Waals surface area contributed by atoms with Crippen LogP contribution in [0.1, 0.15) is 60.3 Å². The van der Waals surface area contributed by atoms with E-state index in [9.17, 15) is 26.7 Å². The zero-order valence-corrected chi connectivity index (χ0v) is 24.7. The summed E-state index contributed by atoms with van der Waals surface area (Å²) in [6.45, 7) is 7.36. The number of carbonyl (C=O) groups is 1. The molecule has 0 bridgehead atoms. The summed E-state index contributed by atoms with van der Waals surface area (Å²) in [6, 6.07) is 6.83. The molecule has 12 heteroatoms. The minimum absolute atomic E-state index is 0.0276. The molecule has 44 heavy (non-hydrogen) atoms. The van der Waals surface area contributed by atoms with Gasteiger partial charge in [-0.05, 0) is 61.7 Å². The lowest BCUT2D eigenvalue weighted by Gasteiger charge is -2.34. The van der Waals surface area contributed by atoms with Crippen LogP contribution in [0.3, 0.4) is 0 Å². The van der Waals surface area contributed by atoms with Crippen molar-refractivity contribution in [3.63, 3.8) is 0 Å². The Kier molecular flexibility index (Phi) is 7.98. The second kappa shape index (κ2) is 11.6. The molecule has 4 atom stereocenters. The highest BCUT2D eigenvalue weighted by Gasteiger charge is 2.38. The zero-order valence-electron chi connectivity index (χ0n) is 24.7. The van der Waals surface area contributed by atoms with E-state index in [0.717, 1.165) is 29.4 Å². The highest BCUT2D eigenvalue weighted by atomic mass is 19.4. The lowest BCUT2D eigenvalue weighted by Crippen LogP contribution is -2.40. The monoisotopic (exact) mass is 615 g/mol. The molecule has 7 nitrogen and oxygen atoms in total. The summed E-state index contributed by atoms with van der Waals surface area (Å²) in [6.07, 6.45) is -3.58. The highest BCUT2D eigenvalue weighted by Crippen LogP contribution is 2.42. The zero-order chi connectivity index (χ0) is 31.3. The molecule has 2 aliphatic heterocycles. The summed E-state index contributed by atoms with van der Waals surface area (Å²) in [5.41, 5.74) is 2.03. The molecular weight excluding hydrogens is 581 g/mol. The van der Waals surface area contributed by atoms with Gasteiger partial charge < -0.3 is 14.2 Å². The number of ether oxygens (including phenoxy) is 1. The predicted octanol–water partition coefficient (Wildman–Crippen LogP) is 6.42. The Labute approximate surface area is 251 Å². The van der Waals surface area contributed by atoms with Gasteiger partial charge in [-0.15, -0.1) is 0 Å². The van der Waals surface area contributed by atoms with Gasteiger partial charge in [-0.3, -0.25) is 4.68 Å². The Morgan fingerprint density at radius 1 is 1.14 bits per heavy atom. The summed E-state index contributed by atoms with van der Waals surface area (Å²) in [5, 5.41) is 4.34. The molecule has 0 N–H and O–H groups in total. The standard InChI is InChI=1S/C32H34F5N5O2/c1-4-40-11-10-22(26(34)16-40)19-6-8-20(9-7-19)23-13-25(32(35,36)37)24-15-42(39-28(24)18(23)3)30(31(43)44-5-2)29-27-12-21(33)14-41(27)17-38-29/h6-9,13,15,17,21-22,26,30H,4-5,10-12,14,16H2,1-3H3/t21?,22-,26+,30?/m0/s1. The number of carbonyl (C=O) groups excluding carboxylic acids is 1. The summed E-state index contributed by atoms with van der Waals surface area (Å²) in [5.74, 6) is -1.02. The van der Waals surface area contributed by atoms with Gasteiger partial charge in [-0.25, -0.2) is 18.6 Å². The first-order valence-electron chi connectivity index (χ1n) is 14.9. The number of likely N-dealkylation sites (tertiary alicyclic amines) is 1. The summed E-state index contributed by atoms with van der Waals surface area (Å²) in [7, 11) is 0. The van der Waals surface area contributed by atoms with Crippen molar-refractivity contribution in [2.75, 3.05) is 26.2 Å². The third-order valence-electron chi connectivity index (χ3n) is 8.92. The van der Waals surface area contributed by atoms with Gasteiger partial charge in [0.1, 0.15) is 12.3 Å². The number of fused-ring (bicyclic) bond motifs is 2. The van der Waals surface area contributed by atoms with Crippen LogP contribution in [-0.4, -0.2) is 68.8 Å². The first-order valence-corrected chi connectivity index (χ1v) is 14.9. The Morgan fingerprint density at radius 3 is 2.55 bits per heavy atom. The number of piperidine rings is 1. The summed E-state index contributed by atoms with van der Waals surface area (Å²) in [4.78, 5) is 19.6. The number of alkyl halides is 5. The summed E-state index contributed by atoms with van der Waals surface area (Å²) >= 11 is 0. The van der Waals surface area contributed by atoms with E-state index in [1.165, 1.54) is 12.5 Å². The number of hydrogen-bond donors (Lipinski definition) is 0. The predicted molar refractivity (Wildman–Crippen MR) is 155 cm³/mol. The van der Waals surface area contributed by atoms with E-state index in [-0.39, 0.29) is 42.1 Å². The molecular formula is C32H34F5N5O2. The number of hydrogen-bond acceptors (Lipinski definition) is 5. The second-order valence-corrected chi connectivity index (χ2v) is 11.6. The maximum Gasteiger partial charge on any atom is 0.417 e. The highest BCUT2D eigenvalue weighted by molar-refractivity contribution is 5.92. The van der Waals surface area contributed by atoms with Gasteiger partial charge in [0.05, 0.1) is 36.3 Å². The van der Waals surface area contributed by atoms with Gasteiger partial charge in [0.2, 0.25) is 0 Å². The van der Waals surface area contributed by atoms with E-state index in [2.05, 4.69) is 15.0 Å². The van der Waals surface area contributed by atoms with E-state index >= 15 is 0 Å². The van der Waals surface area contributed by atoms with Gasteiger partial charge in [-0.2, -0.15) is 18.3 Å². The molecule has 1 saturated heterocycles. The molecule has 4 heterocycles. The van der Waals surface area contributed by atoms with E-state index in [1.54, 1.807) is 42.7 Å². The molecule has 2 aromatic heterocycles. The molecule has 2 aliphatic rings. The number of halogens is 5. The van der Waals surface area contributed by atoms with Gasteiger partial charge in [0, 0.05) is 36.2 Å². The number of rotatable bonds is 7. The normalized spacial score (nSPS) is 21.5. The van der Waals surface area contributed by atoms with E-state index < -0.39 is 36.1 Å². The van der Waals surface area contributed by atoms with Crippen LogP contribution in [0.2, 0.25) is 0 Å². The van der Waals surface area contributed by atoms with Gasteiger partial charge >= 0.3 is 12.1 Å². The third kappa shape index (κ3) is 5.37. The van der Waals surface area contributed by atoms with Crippen LogP contribution in [0.5, 0.6) is 0 Å². The van der Waals surface area contributed by atoms with Crippen LogP contribution in [0, 0.1) is 6.92 Å². The molecule has 234 valence electrons. The molecule has 1 fully saturated rings. The van der Waals surface area contributed by atoms with Crippen molar-refractivity contribution in [1.82, 2.24) is 24.2 Å². The fourth-order valence-corrected chi connectivity index (χ4v) is 6.62. The molecule has 0 aliphatic carbocycles. The molecule has 4 aromatic rings. The Balaban J connectivity index is 1.43. The number of imidazole rings is 1. The second-order valence-electron chi connectivity index (χ2n) is 11.6. The summed E-state index contributed by atoms with van der Waals surface area (Å²) < 4.78 is 80.7. The minimum Gasteiger partial charge on any atom is -0.464 e. The lowest BCUT2D eigenvalue weighted by molar-refractivity contribution is -0.146. The van der Waals surface area contributed by atoms with E-state index in [1.807, 2.05) is 6.92 Å². The fourth-order valence-electron chi connectivity index (χ4n) is 6.62. The van der Waals surface area contributed by atoms with Crippen molar-refractivity contribution in [2.24, 2.45) is 0 Å². The van der Waals surface area contributed by atoms with Crippen molar-refractivity contribution >= 4 is 16.9 Å². The topological polar surface area (TPSA) is 65.2 Å². The smallest absolute Gasteiger partial charge is 0.417 e. The molecule has 2 aromatic carbocycles. The molecule has 2 unspecified atom stereocenters. The molecule has 6 rings (SSSR count). The average molecular weight is 616 g/mol. The number of benzene rings is 2.